The summed E-state index contributed by atoms with van der Waals surface area (Å²) in [4.78, 5) is 27.5. The molecular formula is C16H25N3O5S. The Morgan fingerprint density at radius 1 is 1.32 bits per heavy atom. The van der Waals surface area contributed by atoms with Crippen LogP contribution in [0.4, 0.5) is 0 Å². The van der Waals surface area contributed by atoms with Gasteiger partial charge in [0.2, 0.25) is 10.0 Å². The van der Waals surface area contributed by atoms with Gasteiger partial charge in [-0.1, -0.05) is 6.92 Å². The average molecular weight is 371 g/mol. The predicted molar refractivity (Wildman–Crippen MR) is 93.2 cm³/mol. The van der Waals surface area contributed by atoms with Crippen LogP contribution < -0.4 is 5.32 Å². The number of amides is 1. The highest BCUT2D eigenvalue weighted by molar-refractivity contribution is 7.88. The molecule has 9 heteroatoms. The number of hydrogen-bond acceptors (Lipinski definition) is 5. The highest BCUT2D eigenvalue weighted by Gasteiger charge is 2.28. The van der Waals surface area contributed by atoms with Crippen LogP contribution in [0.3, 0.4) is 0 Å². The molecule has 0 atom stereocenters. The number of carbonyl (C=O) groups excluding carboxylic acids is 2. The zero-order valence-corrected chi connectivity index (χ0v) is 15.8. The summed E-state index contributed by atoms with van der Waals surface area (Å²) in [5, 5.41) is 2.93. The molecule has 0 unspecified atom stereocenters. The highest BCUT2D eigenvalue weighted by Crippen LogP contribution is 2.21. The van der Waals surface area contributed by atoms with Gasteiger partial charge in [0.1, 0.15) is 5.69 Å². The molecule has 1 aromatic heterocycles. The summed E-state index contributed by atoms with van der Waals surface area (Å²) in [6, 6.07) is -0.0974. The topological polar surface area (TPSA) is 109 Å². The number of aryl methyl sites for hydroxylation is 1. The molecule has 0 spiro atoms. The number of H-pyrrole nitrogens is 1. The van der Waals surface area contributed by atoms with E-state index in [0.29, 0.717) is 54.9 Å². The Morgan fingerprint density at radius 2 is 1.92 bits per heavy atom. The molecule has 0 saturated carbocycles. The summed E-state index contributed by atoms with van der Waals surface area (Å²) in [6.07, 6.45) is 2.88. The van der Waals surface area contributed by atoms with Gasteiger partial charge < -0.3 is 15.0 Å². The summed E-state index contributed by atoms with van der Waals surface area (Å²) in [7, 11) is -1.88. The molecule has 25 heavy (non-hydrogen) atoms. The first-order chi connectivity index (χ1) is 11.7. The fourth-order valence-corrected chi connectivity index (χ4v) is 3.99. The van der Waals surface area contributed by atoms with Crippen molar-refractivity contribution in [1.82, 2.24) is 14.6 Å². The van der Waals surface area contributed by atoms with E-state index in [9.17, 15) is 18.0 Å². The lowest BCUT2D eigenvalue weighted by molar-refractivity contribution is 0.0599. The Morgan fingerprint density at radius 3 is 2.40 bits per heavy atom. The largest absolute Gasteiger partial charge is 0.465 e. The Balaban J connectivity index is 2.10. The average Bonchev–Trinajstić information content (AvgIpc) is 2.90. The third kappa shape index (κ3) is 4.21. The first-order valence-corrected chi connectivity index (χ1v) is 10.1. The van der Waals surface area contributed by atoms with E-state index in [1.54, 1.807) is 6.92 Å². The fraction of sp³-hybridized carbons (Fsp3) is 0.625. The normalized spacial score (nSPS) is 16.6. The summed E-state index contributed by atoms with van der Waals surface area (Å²) in [5.41, 5.74) is 1.99. The van der Waals surface area contributed by atoms with Crippen LogP contribution in [0.1, 0.15) is 51.9 Å². The summed E-state index contributed by atoms with van der Waals surface area (Å²) in [6.45, 7) is 4.38. The molecular weight excluding hydrogens is 346 g/mol. The number of aromatic amines is 1. The SMILES string of the molecule is CCc1[nH]c(C(=O)NC2CCN(S(C)(=O)=O)CC2)c(C)c1C(=O)OC. The van der Waals surface area contributed by atoms with Gasteiger partial charge in [-0.05, 0) is 31.7 Å². The molecule has 1 fully saturated rings. The van der Waals surface area contributed by atoms with Gasteiger partial charge in [0.15, 0.2) is 0 Å². The third-order valence-electron chi connectivity index (χ3n) is 4.56. The standard InChI is InChI=1S/C16H25N3O5S/c1-5-12-13(16(21)24-3)10(2)14(18-12)15(20)17-11-6-8-19(9-7-11)25(4,22)23/h11,18H,5-9H2,1-4H3,(H,17,20). The lowest BCUT2D eigenvalue weighted by atomic mass is 10.1. The molecule has 0 bridgehead atoms. The summed E-state index contributed by atoms with van der Waals surface area (Å²) >= 11 is 0. The van der Waals surface area contributed by atoms with Crippen molar-refractivity contribution >= 4 is 21.9 Å². The van der Waals surface area contributed by atoms with E-state index < -0.39 is 16.0 Å². The van der Waals surface area contributed by atoms with Crippen LogP contribution in [0.15, 0.2) is 0 Å². The maximum absolute atomic E-state index is 12.6. The second kappa shape index (κ2) is 7.57. The van der Waals surface area contributed by atoms with E-state index >= 15 is 0 Å². The first-order valence-electron chi connectivity index (χ1n) is 8.24. The number of ether oxygens (including phenoxy) is 1. The number of esters is 1. The molecule has 1 aromatic rings. The molecule has 2 rings (SSSR count). The van der Waals surface area contributed by atoms with E-state index in [-0.39, 0.29) is 11.9 Å². The lowest BCUT2D eigenvalue weighted by Crippen LogP contribution is -2.46. The van der Waals surface area contributed by atoms with Crippen LogP contribution >= 0.6 is 0 Å². The third-order valence-corrected chi connectivity index (χ3v) is 5.86. The van der Waals surface area contributed by atoms with E-state index in [4.69, 9.17) is 4.74 Å². The van der Waals surface area contributed by atoms with Crippen LogP contribution in [-0.2, 0) is 21.2 Å². The van der Waals surface area contributed by atoms with Crippen molar-refractivity contribution in [1.29, 1.82) is 0 Å². The zero-order chi connectivity index (χ0) is 18.8. The zero-order valence-electron chi connectivity index (χ0n) is 15.0. The molecule has 1 amide bonds. The Labute approximate surface area is 148 Å². The number of aromatic nitrogens is 1. The summed E-state index contributed by atoms with van der Waals surface area (Å²) in [5.74, 6) is -0.758. The number of methoxy groups -OCH3 is 1. The molecule has 0 aromatic carbocycles. The molecule has 8 nitrogen and oxygen atoms in total. The predicted octanol–water partition coefficient (Wildman–Crippen LogP) is 0.826. The van der Waals surface area contributed by atoms with Gasteiger partial charge in [-0.2, -0.15) is 0 Å². The minimum Gasteiger partial charge on any atom is -0.465 e. The molecule has 1 saturated heterocycles. The molecule has 0 aliphatic carbocycles. The number of hydrogen-bond donors (Lipinski definition) is 2. The number of nitrogens with zero attached hydrogens (tertiary/aromatic N) is 1. The van der Waals surface area contributed by atoms with Crippen LogP contribution in [0.5, 0.6) is 0 Å². The summed E-state index contributed by atoms with van der Waals surface area (Å²) < 4.78 is 29.3. The monoisotopic (exact) mass is 371 g/mol. The fourth-order valence-electron chi connectivity index (χ4n) is 3.12. The van der Waals surface area contributed by atoms with Crippen LogP contribution in [0, 0.1) is 6.92 Å². The highest BCUT2D eigenvalue weighted by atomic mass is 32.2. The van der Waals surface area contributed by atoms with Crippen molar-refractivity contribution in [2.75, 3.05) is 26.5 Å². The van der Waals surface area contributed by atoms with Crippen molar-refractivity contribution in [3.8, 4) is 0 Å². The number of nitrogens with one attached hydrogen (secondary N) is 2. The van der Waals surface area contributed by atoms with Gasteiger partial charge in [-0.25, -0.2) is 17.5 Å². The first kappa shape index (κ1) is 19.5. The van der Waals surface area contributed by atoms with Crippen LogP contribution in [0.2, 0.25) is 0 Å². The Hall–Kier alpha value is -1.87. The van der Waals surface area contributed by atoms with E-state index in [1.807, 2.05) is 6.92 Å². The number of piperidine rings is 1. The van der Waals surface area contributed by atoms with E-state index in [2.05, 4.69) is 10.3 Å². The Bertz CT molecular complexity index is 761. The lowest BCUT2D eigenvalue weighted by Gasteiger charge is -2.30. The number of rotatable bonds is 5. The smallest absolute Gasteiger partial charge is 0.339 e. The Kier molecular flexibility index (Phi) is 5.89. The van der Waals surface area contributed by atoms with Gasteiger partial charge in [0, 0.05) is 24.8 Å². The van der Waals surface area contributed by atoms with Crippen LogP contribution in [-0.4, -0.2) is 62.1 Å². The van der Waals surface area contributed by atoms with Gasteiger partial charge in [0.25, 0.3) is 5.91 Å². The second-order valence-corrected chi connectivity index (χ2v) is 8.22. The minimum atomic E-state index is -3.19. The molecule has 140 valence electrons. The van der Waals surface area contributed by atoms with Crippen molar-refractivity contribution in [2.45, 2.75) is 39.2 Å². The molecule has 0 radical (unpaired) electrons. The minimum absolute atomic E-state index is 0.0974. The number of sulfonamides is 1. The molecule has 2 N–H and O–H groups in total. The van der Waals surface area contributed by atoms with E-state index in [0.717, 1.165) is 0 Å². The van der Waals surface area contributed by atoms with Crippen molar-refractivity contribution < 1.29 is 22.7 Å². The van der Waals surface area contributed by atoms with Gasteiger partial charge >= 0.3 is 5.97 Å². The van der Waals surface area contributed by atoms with Crippen molar-refractivity contribution in [3.63, 3.8) is 0 Å². The van der Waals surface area contributed by atoms with Gasteiger partial charge in [0.05, 0.1) is 18.9 Å². The van der Waals surface area contributed by atoms with Gasteiger partial charge in [-0.3, -0.25) is 4.79 Å². The molecule has 2 heterocycles. The maximum atomic E-state index is 12.6. The van der Waals surface area contributed by atoms with Gasteiger partial charge in [-0.15, -0.1) is 0 Å². The van der Waals surface area contributed by atoms with Crippen molar-refractivity contribution in [3.05, 3.63) is 22.5 Å². The van der Waals surface area contributed by atoms with E-state index in [1.165, 1.54) is 17.7 Å². The molecule has 1 aliphatic heterocycles. The second-order valence-electron chi connectivity index (χ2n) is 6.23. The quantitative estimate of drug-likeness (QED) is 0.745. The molecule has 1 aliphatic rings. The van der Waals surface area contributed by atoms with Crippen LogP contribution in [0.25, 0.3) is 0 Å². The van der Waals surface area contributed by atoms with Crippen molar-refractivity contribution in [2.24, 2.45) is 0 Å². The maximum Gasteiger partial charge on any atom is 0.339 e. The number of carbonyl (C=O) groups is 2.